The van der Waals surface area contributed by atoms with Gasteiger partial charge in [0.1, 0.15) is 12.6 Å². The Bertz CT molecular complexity index is 476. The fourth-order valence-corrected chi connectivity index (χ4v) is 2.21. The molecule has 1 unspecified atom stereocenters. The molecule has 1 saturated heterocycles. The Morgan fingerprint density at radius 1 is 1.25 bits per heavy atom. The van der Waals surface area contributed by atoms with Gasteiger partial charge in [0.05, 0.1) is 12.6 Å². The Hall–Kier alpha value is -2.08. The van der Waals surface area contributed by atoms with Crippen LogP contribution in [0.2, 0.25) is 0 Å². The molecule has 0 aliphatic carbocycles. The van der Waals surface area contributed by atoms with Crippen LogP contribution in [-0.4, -0.2) is 45.9 Å². The molecule has 1 amide bonds. The van der Waals surface area contributed by atoms with Gasteiger partial charge in [0.2, 0.25) is 0 Å². The van der Waals surface area contributed by atoms with Gasteiger partial charge < -0.3 is 14.9 Å². The Balaban J connectivity index is 1.97. The number of aliphatic hydroxyl groups excluding tert-OH is 1. The molecule has 108 valence electrons. The standard InChI is InChI=1S/C14H17NO5/c16-11-6-7-12(13(17)18)15(8-11)14(19)20-9-10-4-2-1-3-5-10/h1-5,11-12,16H,6-9H2,(H,17,18)/t11?,12-/m0/s1. The summed E-state index contributed by atoms with van der Waals surface area (Å²) in [6.07, 6.45) is -0.800. The molecule has 1 fully saturated rings. The summed E-state index contributed by atoms with van der Waals surface area (Å²) in [6.45, 7) is 0.0726. The predicted octanol–water partition coefficient (Wildman–Crippen LogP) is 1.23. The molecule has 1 aromatic rings. The smallest absolute Gasteiger partial charge is 0.410 e. The van der Waals surface area contributed by atoms with Gasteiger partial charge in [0, 0.05) is 0 Å². The van der Waals surface area contributed by atoms with Crippen molar-refractivity contribution >= 4 is 12.1 Å². The quantitative estimate of drug-likeness (QED) is 0.869. The fraction of sp³-hybridized carbons (Fsp3) is 0.429. The number of hydrogen-bond acceptors (Lipinski definition) is 4. The number of β-amino-alcohol motifs (C(OH)–C–C–N with tert-alkyl or cyclic N) is 1. The zero-order chi connectivity index (χ0) is 14.5. The van der Waals surface area contributed by atoms with E-state index in [1.54, 1.807) is 0 Å². The number of hydrogen-bond donors (Lipinski definition) is 2. The molecule has 0 aromatic heterocycles. The molecule has 6 nitrogen and oxygen atoms in total. The second kappa shape index (κ2) is 6.38. The third-order valence-electron chi connectivity index (χ3n) is 3.28. The first-order valence-corrected chi connectivity index (χ1v) is 6.46. The number of aliphatic hydroxyl groups is 1. The van der Waals surface area contributed by atoms with Crippen LogP contribution in [-0.2, 0) is 16.1 Å². The molecule has 0 bridgehead atoms. The van der Waals surface area contributed by atoms with Gasteiger partial charge in [0.25, 0.3) is 0 Å². The average Bonchev–Trinajstić information content (AvgIpc) is 2.45. The fourth-order valence-electron chi connectivity index (χ4n) is 2.21. The number of benzene rings is 1. The summed E-state index contributed by atoms with van der Waals surface area (Å²) >= 11 is 0. The normalized spacial score (nSPS) is 22.4. The van der Waals surface area contributed by atoms with Crippen LogP contribution in [0, 0.1) is 0 Å². The second-order valence-electron chi connectivity index (χ2n) is 4.78. The molecule has 2 atom stereocenters. The summed E-state index contributed by atoms with van der Waals surface area (Å²) in [5.41, 5.74) is 0.824. The zero-order valence-corrected chi connectivity index (χ0v) is 10.9. The van der Waals surface area contributed by atoms with Crippen LogP contribution in [0.4, 0.5) is 4.79 Å². The minimum absolute atomic E-state index is 0.00934. The molecule has 2 N–H and O–H groups in total. The topological polar surface area (TPSA) is 87.1 Å². The SMILES string of the molecule is O=C(O)[C@@H]1CCC(O)CN1C(=O)OCc1ccccc1. The van der Waals surface area contributed by atoms with Crippen molar-refractivity contribution in [1.82, 2.24) is 4.90 Å². The molecular formula is C14H17NO5. The molecule has 1 heterocycles. The number of carbonyl (C=O) groups excluding carboxylic acids is 1. The molecule has 0 saturated carbocycles. The molecule has 1 aliphatic rings. The van der Waals surface area contributed by atoms with Crippen LogP contribution in [0.5, 0.6) is 0 Å². The third kappa shape index (κ3) is 3.48. The lowest BCUT2D eigenvalue weighted by Gasteiger charge is -2.34. The maximum absolute atomic E-state index is 12.0. The largest absolute Gasteiger partial charge is 0.480 e. The van der Waals surface area contributed by atoms with Crippen molar-refractivity contribution in [3.63, 3.8) is 0 Å². The number of carboxylic acid groups (broad SMARTS) is 1. The van der Waals surface area contributed by atoms with E-state index in [4.69, 9.17) is 9.84 Å². The second-order valence-corrected chi connectivity index (χ2v) is 4.78. The Labute approximate surface area is 116 Å². The molecular weight excluding hydrogens is 262 g/mol. The number of nitrogens with zero attached hydrogens (tertiary/aromatic N) is 1. The van der Waals surface area contributed by atoms with Crippen molar-refractivity contribution in [2.75, 3.05) is 6.54 Å². The van der Waals surface area contributed by atoms with E-state index in [0.29, 0.717) is 6.42 Å². The van der Waals surface area contributed by atoms with Gasteiger partial charge in [-0.05, 0) is 18.4 Å². The van der Waals surface area contributed by atoms with Crippen LogP contribution in [0.3, 0.4) is 0 Å². The highest BCUT2D eigenvalue weighted by molar-refractivity contribution is 5.80. The minimum atomic E-state index is -1.08. The summed E-state index contributed by atoms with van der Waals surface area (Å²) in [4.78, 5) is 24.2. The highest BCUT2D eigenvalue weighted by Crippen LogP contribution is 2.19. The van der Waals surface area contributed by atoms with Gasteiger partial charge in [0.15, 0.2) is 0 Å². The Morgan fingerprint density at radius 3 is 2.60 bits per heavy atom. The highest BCUT2D eigenvalue weighted by Gasteiger charge is 2.36. The highest BCUT2D eigenvalue weighted by atomic mass is 16.6. The number of carboxylic acids is 1. The molecule has 1 aliphatic heterocycles. The van der Waals surface area contributed by atoms with Crippen molar-refractivity contribution in [2.45, 2.75) is 31.6 Å². The van der Waals surface area contributed by atoms with Gasteiger partial charge in [-0.25, -0.2) is 9.59 Å². The number of ether oxygens (including phenoxy) is 1. The number of carbonyl (C=O) groups is 2. The Morgan fingerprint density at radius 2 is 1.95 bits per heavy atom. The molecule has 1 aromatic carbocycles. The summed E-state index contributed by atoms with van der Waals surface area (Å²) in [5, 5.41) is 18.7. The van der Waals surface area contributed by atoms with Crippen molar-refractivity contribution < 1.29 is 24.5 Å². The first-order chi connectivity index (χ1) is 9.58. The first-order valence-electron chi connectivity index (χ1n) is 6.46. The number of rotatable bonds is 3. The number of likely N-dealkylation sites (tertiary alicyclic amines) is 1. The van der Waals surface area contributed by atoms with Crippen LogP contribution >= 0.6 is 0 Å². The number of aliphatic carboxylic acids is 1. The van der Waals surface area contributed by atoms with Crippen LogP contribution in [0.1, 0.15) is 18.4 Å². The van der Waals surface area contributed by atoms with Crippen LogP contribution < -0.4 is 0 Å². The van der Waals surface area contributed by atoms with E-state index in [1.165, 1.54) is 0 Å². The molecule has 6 heteroatoms. The lowest BCUT2D eigenvalue weighted by molar-refractivity contribution is -0.145. The van der Waals surface area contributed by atoms with Gasteiger partial charge in [-0.1, -0.05) is 30.3 Å². The van der Waals surface area contributed by atoms with Crippen molar-refractivity contribution in [2.24, 2.45) is 0 Å². The molecule has 0 spiro atoms. The molecule has 0 radical (unpaired) electrons. The Kier molecular flexibility index (Phi) is 4.57. The first kappa shape index (κ1) is 14.3. The maximum Gasteiger partial charge on any atom is 0.410 e. The van der Waals surface area contributed by atoms with E-state index in [1.807, 2.05) is 30.3 Å². The van der Waals surface area contributed by atoms with Crippen molar-refractivity contribution in [3.05, 3.63) is 35.9 Å². The molecule has 2 rings (SSSR count). The van der Waals surface area contributed by atoms with E-state index in [9.17, 15) is 14.7 Å². The maximum atomic E-state index is 12.0. The van der Waals surface area contributed by atoms with Crippen molar-refractivity contribution in [3.8, 4) is 0 Å². The van der Waals surface area contributed by atoms with Crippen LogP contribution in [0.15, 0.2) is 30.3 Å². The van der Waals surface area contributed by atoms with Crippen molar-refractivity contribution in [1.29, 1.82) is 0 Å². The van der Waals surface area contributed by atoms with E-state index in [2.05, 4.69) is 0 Å². The van der Waals surface area contributed by atoms with E-state index in [-0.39, 0.29) is 19.6 Å². The van der Waals surface area contributed by atoms with Gasteiger partial charge in [-0.15, -0.1) is 0 Å². The van der Waals surface area contributed by atoms with E-state index < -0.39 is 24.2 Å². The van der Waals surface area contributed by atoms with Crippen LogP contribution in [0.25, 0.3) is 0 Å². The summed E-state index contributed by atoms with van der Waals surface area (Å²) in [6, 6.07) is 8.20. The third-order valence-corrected chi connectivity index (χ3v) is 3.28. The monoisotopic (exact) mass is 279 g/mol. The van der Waals surface area contributed by atoms with E-state index in [0.717, 1.165) is 10.5 Å². The minimum Gasteiger partial charge on any atom is -0.480 e. The summed E-state index contributed by atoms with van der Waals surface area (Å²) < 4.78 is 5.11. The van der Waals surface area contributed by atoms with Gasteiger partial charge in [-0.3, -0.25) is 4.90 Å². The lowest BCUT2D eigenvalue weighted by Crippen LogP contribution is -2.52. The van der Waals surface area contributed by atoms with E-state index >= 15 is 0 Å². The summed E-state index contributed by atoms with van der Waals surface area (Å²) in [7, 11) is 0. The average molecular weight is 279 g/mol. The lowest BCUT2D eigenvalue weighted by atomic mass is 10.0. The van der Waals surface area contributed by atoms with Gasteiger partial charge >= 0.3 is 12.1 Å². The number of piperidine rings is 1. The number of amides is 1. The summed E-state index contributed by atoms with van der Waals surface area (Å²) in [5.74, 6) is -1.08. The molecule has 20 heavy (non-hydrogen) atoms. The van der Waals surface area contributed by atoms with Gasteiger partial charge in [-0.2, -0.15) is 0 Å². The predicted molar refractivity (Wildman–Crippen MR) is 70.0 cm³/mol. The zero-order valence-electron chi connectivity index (χ0n) is 10.9.